The zero-order valence-corrected chi connectivity index (χ0v) is 10.2. The lowest BCUT2D eigenvalue weighted by atomic mass is 10.0. The molecule has 98 valence electrons. The highest BCUT2D eigenvalue weighted by Gasteiger charge is 2.36. The monoisotopic (exact) mass is 255 g/mol. The molecule has 0 saturated carbocycles. The summed E-state index contributed by atoms with van der Waals surface area (Å²) in [6.07, 6.45) is 1.29. The molecule has 1 aliphatic heterocycles. The van der Waals surface area contributed by atoms with Gasteiger partial charge < -0.3 is 14.4 Å². The number of hydrogen-bond donors (Lipinski definition) is 0. The Morgan fingerprint density at radius 3 is 2.83 bits per heavy atom. The Kier molecular flexibility index (Phi) is 3.71. The van der Waals surface area contributed by atoms with Gasteiger partial charge in [-0.2, -0.15) is 0 Å². The Bertz CT molecular complexity index is 449. The summed E-state index contributed by atoms with van der Waals surface area (Å²) in [7, 11) is 2.81. The van der Waals surface area contributed by atoms with Gasteiger partial charge in [-0.3, -0.25) is 4.79 Å². The van der Waals surface area contributed by atoms with E-state index >= 15 is 0 Å². The van der Waals surface area contributed by atoms with E-state index in [2.05, 4.69) is 14.7 Å². The first-order valence-electron chi connectivity index (χ1n) is 5.48. The van der Waals surface area contributed by atoms with Crippen molar-refractivity contribution in [2.24, 2.45) is 5.92 Å². The minimum Gasteiger partial charge on any atom is -0.469 e. The second-order valence-electron chi connectivity index (χ2n) is 4.02. The molecule has 0 spiro atoms. The van der Waals surface area contributed by atoms with Crippen LogP contribution in [0.5, 0.6) is 0 Å². The van der Waals surface area contributed by atoms with Crippen LogP contribution in [-0.4, -0.2) is 43.2 Å². The Balaban J connectivity index is 2.07. The van der Waals surface area contributed by atoms with Gasteiger partial charge in [0.05, 0.1) is 19.6 Å². The van der Waals surface area contributed by atoms with Gasteiger partial charge in [0.15, 0.2) is 11.6 Å². The molecule has 6 nitrogen and oxygen atoms in total. The number of carbonyl (C=O) groups is 1. The summed E-state index contributed by atoms with van der Waals surface area (Å²) in [5.74, 6) is -0.784. The van der Waals surface area contributed by atoms with Gasteiger partial charge in [-0.1, -0.05) is 0 Å². The first-order chi connectivity index (χ1) is 8.67. The largest absolute Gasteiger partial charge is 0.469 e. The molecule has 1 aromatic heterocycles. The number of nitrogens with zero attached hydrogens (tertiary/aromatic N) is 3. The van der Waals surface area contributed by atoms with Crippen molar-refractivity contribution in [1.82, 2.24) is 9.97 Å². The first kappa shape index (κ1) is 12.7. The van der Waals surface area contributed by atoms with Gasteiger partial charge in [0.25, 0.3) is 0 Å². The second kappa shape index (κ2) is 5.26. The van der Waals surface area contributed by atoms with Crippen LogP contribution >= 0.6 is 0 Å². The Labute approximate surface area is 104 Å². The fourth-order valence-corrected chi connectivity index (χ4v) is 1.82. The van der Waals surface area contributed by atoms with Crippen LogP contribution in [0.15, 0.2) is 6.33 Å². The van der Waals surface area contributed by atoms with Crippen LogP contribution in [0, 0.1) is 11.7 Å². The molecule has 0 aliphatic carbocycles. The summed E-state index contributed by atoms with van der Waals surface area (Å²) in [5, 5.41) is 0. The maximum atomic E-state index is 14.0. The van der Waals surface area contributed by atoms with Crippen LogP contribution in [0.2, 0.25) is 0 Å². The molecule has 18 heavy (non-hydrogen) atoms. The molecule has 0 N–H and O–H groups in total. The van der Waals surface area contributed by atoms with E-state index in [0.29, 0.717) is 13.1 Å². The van der Waals surface area contributed by atoms with Gasteiger partial charge in [0.1, 0.15) is 12.0 Å². The number of anilines is 1. The van der Waals surface area contributed by atoms with Crippen LogP contribution in [-0.2, 0) is 20.9 Å². The molecule has 7 heteroatoms. The summed E-state index contributed by atoms with van der Waals surface area (Å²) in [6.45, 7) is 0.912. The fraction of sp³-hybridized carbons (Fsp3) is 0.545. The number of hydrogen-bond acceptors (Lipinski definition) is 6. The number of halogens is 1. The van der Waals surface area contributed by atoms with Crippen LogP contribution in [0.4, 0.5) is 10.2 Å². The van der Waals surface area contributed by atoms with Crippen molar-refractivity contribution in [2.45, 2.75) is 6.61 Å². The number of esters is 1. The van der Waals surface area contributed by atoms with E-state index in [-0.39, 0.29) is 30.0 Å². The molecule has 0 unspecified atom stereocenters. The highest BCUT2D eigenvalue weighted by atomic mass is 19.1. The van der Waals surface area contributed by atoms with Crippen LogP contribution < -0.4 is 4.90 Å². The van der Waals surface area contributed by atoms with Crippen molar-refractivity contribution < 1.29 is 18.7 Å². The van der Waals surface area contributed by atoms with Gasteiger partial charge in [0, 0.05) is 20.2 Å². The van der Waals surface area contributed by atoms with Gasteiger partial charge in [-0.05, 0) is 0 Å². The molecule has 1 saturated heterocycles. The lowest BCUT2D eigenvalue weighted by Crippen LogP contribution is -2.51. The quantitative estimate of drug-likeness (QED) is 0.724. The number of ether oxygens (including phenoxy) is 2. The smallest absolute Gasteiger partial charge is 0.312 e. The van der Waals surface area contributed by atoms with Crippen molar-refractivity contribution in [3.05, 3.63) is 17.8 Å². The zero-order valence-electron chi connectivity index (χ0n) is 10.2. The van der Waals surface area contributed by atoms with Crippen molar-refractivity contribution in [2.75, 3.05) is 32.2 Å². The van der Waals surface area contributed by atoms with Crippen molar-refractivity contribution in [3.63, 3.8) is 0 Å². The van der Waals surface area contributed by atoms with Gasteiger partial charge >= 0.3 is 5.97 Å². The lowest BCUT2D eigenvalue weighted by molar-refractivity contribution is -0.146. The Hall–Kier alpha value is -1.76. The molecule has 0 bridgehead atoms. The number of rotatable bonds is 4. The Morgan fingerprint density at radius 2 is 2.22 bits per heavy atom. The molecule has 1 aliphatic rings. The van der Waals surface area contributed by atoms with E-state index in [1.807, 2.05) is 0 Å². The van der Waals surface area contributed by atoms with Gasteiger partial charge in [0.2, 0.25) is 0 Å². The lowest BCUT2D eigenvalue weighted by Gasteiger charge is -2.38. The number of carbonyl (C=O) groups excluding carboxylic acids is 1. The summed E-state index contributed by atoms with van der Waals surface area (Å²) < 4.78 is 23.4. The van der Waals surface area contributed by atoms with E-state index in [9.17, 15) is 9.18 Å². The average molecular weight is 255 g/mol. The van der Waals surface area contributed by atoms with Crippen molar-refractivity contribution in [3.8, 4) is 0 Å². The van der Waals surface area contributed by atoms with E-state index in [0.717, 1.165) is 0 Å². The predicted octanol–water partition coefficient (Wildman–Crippen LogP) is 0.371. The molecular weight excluding hydrogens is 241 g/mol. The Morgan fingerprint density at radius 1 is 1.50 bits per heavy atom. The second-order valence-corrected chi connectivity index (χ2v) is 4.02. The third-order valence-corrected chi connectivity index (χ3v) is 2.84. The van der Waals surface area contributed by atoms with E-state index in [1.54, 1.807) is 4.90 Å². The molecule has 2 heterocycles. The highest BCUT2D eigenvalue weighted by molar-refractivity contribution is 5.76. The van der Waals surface area contributed by atoms with Gasteiger partial charge in [-0.25, -0.2) is 14.4 Å². The van der Waals surface area contributed by atoms with E-state index in [1.165, 1.54) is 20.5 Å². The molecule has 2 rings (SSSR count). The average Bonchev–Trinajstić information content (AvgIpc) is 2.32. The predicted molar refractivity (Wildman–Crippen MR) is 60.4 cm³/mol. The topological polar surface area (TPSA) is 64.6 Å². The van der Waals surface area contributed by atoms with Crippen LogP contribution in [0.25, 0.3) is 0 Å². The molecule has 1 aromatic rings. The van der Waals surface area contributed by atoms with Crippen LogP contribution in [0.3, 0.4) is 0 Å². The maximum absolute atomic E-state index is 14.0. The SMILES string of the molecule is COCc1ncnc(N2CC(C(=O)OC)C2)c1F. The molecule has 0 aromatic carbocycles. The number of methoxy groups -OCH3 is 2. The zero-order chi connectivity index (χ0) is 13.1. The van der Waals surface area contributed by atoms with E-state index in [4.69, 9.17) is 4.74 Å². The number of aromatic nitrogens is 2. The van der Waals surface area contributed by atoms with Gasteiger partial charge in [-0.15, -0.1) is 0 Å². The molecular formula is C11H14FN3O3. The molecule has 0 radical (unpaired) electrons. The van der Waals surface area contributed by atoms with Crippen LogP contribution in [0.1, 0.15) is 5.69 Å². The first-order valence-corrected chi connectivity index (χ1v) is 5.48. The summed E-state index contributed by atoms with van der Waals surface area (Å²) in [4.78, 5) is 20.6. The molecule has 1 fully saturated rings. The van der Waals surface area contributed by atoms with Crippen molar-refractivity contribution in [1.29, 1.82) is 0 Å². The standard InChI is InChI=1S/C11H14FN3O3/c1-17-5-8-9(12)10(14-6-13-8)15-3-7(4-15)11(16)18-2/h6-7H,3-5H2,1-2H3. The third-order valence-electron chi connectivity index (χ3n) is 2.84. The fourth-order valence-electron chi connectivity index (χ4n) is 1.82. The van der Waals surface area contributed by atoms with E-state index < -0.39 is 5.82 Å². The summed E-state index contributed by atoms with van der Waals surface area (Å²) in [5.41, 5.74) is 0.212. The summed E-state index contributed by atoms with van der Waals surface area (Å²) >= 11 is 0. The maximum Gasteiger partial charge on any atom is 0.312 e. The minimum absolute atomic E-state index is 0.0929. The normalized spacial score (nSPS) is 15.4. The highest BCUT2D eigenvalue weighted by Crippen LogP contribution is 2.26. The molecule has 0 amide bonds. The third kappa shape index (κ3) is 2.26. The minimum atomic E-state index is -0.498. The summed E-state index contributed by atoms with van der Waals surface area (Å²) in [6, 6.07) is 0. The molecule has 0 atom stereocenters. The van der Waals surface area contributed by atoms with Crippen molar-refractivity contribution >= 4 is 11.8 Å².